The van der Waals surface area contributed by atoms with Crippen molar-refractivity contribution >= 4 is 111 Å². The molecule has 0 saturated heterocycles. The van der Waals surface area contributed by atoms with Crippen LogP contribution in [0.4, 0.5) is 0 Å². The highest BCUT2D eigenvalue weighted by molar-refractivity contribution is 7.69. The first-order chi connectivity index (χ1) is 25.2. The fourth-order valence-electron chi connectivity index (χ4n) is 3.11. The van der Waals surface area contributed by atoms with Crippen molar-refractivity contribution in [3.8, 4) is 0 Å². The van der Waals surface area contributed by atoms with Gasteiger partial charge in [-0.05, 0) is 31.6 Å². The molecule has 0 bridgehead atoms. The van der Waals surface area contributed by atoms with Gasteiger partial charge in [0.2, 0.25) is 0 Å². The molecule has 0 aliphatic rings. The molecule has 0 aromatic carbocycles. The predicted octanol–water partition coefficient (Wildman–Crippen LogP) is 0.894. The number of hydrogen-bond acceptors (Lipinski definition) is 24. The van der Waals surface area contributed by atoms with Gasteiger partial charge in [0.1, 0.15) is 0 Å². The van der Waals surface area contributed by atoms with Crippen molar-refractivity contribution in [2.45, 2.75) is 31.6 Å². The highest BCUT2D eigenvalue weighted by atomic mass is 31.3. The van der Waals surface area contributed by atoms with E-state index in [4.69, 9.17) is 39.1 Å². The first kappa shape index (κ1) is 61.1. The van der Waals surface area contributed by atoms with Gasteiger partial charge in [0.25, 0.3) is 0 Å². The van der Waals surface area contributed by atoms with Crippen LogP contribution in [0, 0.1) is 0 Å². The third kappa shape index (κ3) is 30.1. The van der Waals surface area contributed by atoms with Crippen molar-refractivity contribution in [1.82, 2.24) is 0 Å². The van der Waals surface area contributed by atoms with E-state index < -0.39 is 130 Å². The molecule has 59 heavy (non-hydrogen) atoms. The Bertz CT molecular complexity index is 1810. The summed E-state index contributed by atoms with van der Waals surface area (Å²) in [5.41, 5.74) is 0. The zero-order valence-corrected chi connectivity index (χ0v) is 40.2. The topological polar surface area (TPSA) is 639 Å². The molecule has 8 unspecified atom stereocenters. The van der Waals surface area contributed by atoms with E-state index in [1.54, 1.807) is 0 Å². The summed E-state index contributed by atoms with van der Waals surface area (Å²) in [7, 11) is -88.0. The molecule has 0 heterocycles. The average Bonchev–Trinajstić information content (AvgIpc) is 2.70. The van der Waals surface area contributed by atoms with Crippen molar-refractivity contribution in [1.29, 1.82) is 0 Å². The molecule has 356 valence electrons. The van der Waals surface area contributed by atoms with Crippen LogP contribution in [0.15, 0.2) is 0 Å². The van der Waals surface area contributed by atoms with E-state index in [9.17, 15) is 93.9 Å². The Morgan fingerprint density at radius 3 is 0.576 bits per heavy atom. The van der Waals surface area contributed by atoms with Crippen LogP contribution in [0.5, 0.6) is 0 Å². The van der Waals surface area contributed by atoms with Crippen LogP contribution in [0.25, 0.3) is 0 Å². The maximum atomic E-state index is 12.6. The predicted molar refractivity (Wildman–Crippen MR) is 177 cm³/mol. The second kappa shape index (κ2) is 20.5. The second-order valence-electron chi connectivity index (χ2n) is 9.85. The van der Waals surface area contributed by atoms with E-state index in [0.717, 1.165) is 0 Å². The Kier molecular flexibility index (Phi) is 21.2. The summed E-state index contributed by atoms with van der Waals surface area (Å²) in [4.78, 5) is 147. The van der Waals surface area contributed by atoms with Crippen LogP contribution in [-0.4, -0.2) is 95.4 Å². The lowest BCUT2D eigenvalue weighted by molar-refractivity contribution is 0.181. The van der Waals surface area contributed by atoms with E-state index in [1.807, 2.05) is 0 Å². The molecule has 40 nitrogen and oxygen atoms in total. The molecule has 0 aliphatic carbocycles. The lowest BCUT2D eigenvalue weighted by Gasteiger charge is -2.32. The Morgan fingerprint density at radius 1 is 0.288 bits per heavy atom. The van der Waals surface area contributed by atoms with Gasteiger partial charge in [0.05, 0.1) is 0 Å². The fourth-order valence-corrected chi connectivity index (χ4v) is 27.0. The summed E-state index contributed by atoms with van der Waals surface area (Å²) < 4.78 is 186. The zero-order chi connectivity index (χ0) is 47.6. The molecule has 0 rings (SSSR count). The van der Waals surface area contributed by atoms with Crippen LogP contribution in [-0.2, 0) is 106 Å². The van der Waals surface area contributed by atoms with Gasteiger partial charge in [0.15, 0.2) is 0 Å². The van der Waals surface area contributed by atoms with E-state index in [0.29, 0.717) is 0 Å². The van der Waals surface area contributed by atoms with Gasteiger partial charge in [-0.3, -0.25) is 0 Å². The maximum Gasteiger partial charge on any atom is 0.490 e. The van der Waals surface area contributed by atoms with E-state index >= 15 is 0 Å². The lowest BCUT2D eigenvalue weighted by atomic mass is 10.6. The highest BCUT2D eigenvalue weighted by Gasteiger charge is 2.55. The number of rotatable bonds is 28. The quantitative estimate of drug-likeness (QED) is 0.0382. The molecule has 0 aliphatic heterocycles. The van der Waals surface area contributed by atoms with Crippen molar-refractivity contribution in [3.63, 3.8) is 0 Å². The van der Waals surface area contributed by atoms with Gasteiger partial charge >= 0.3 is 111 Å². The molecule has 16 N–H and O–H groups in total. The minimum absolute atomic E-state index is 0.229. The minimum atomic E-state index is -6.58. The standard InChI is InChI=1S/C5H28O40P12Si2/c1-58(42-54(26,27)38-50(18,19)34-46(6,7)8,43-55(28,29)39-51(20,21)35-47(9,10)11)4-3-5-59(2,44-56(30,31)40-52(22,23)36-48(12,13)14)45-57(32,33)41-53(24,25)37-49(15,16)17/h3-5H2,1-2H3,(H,18,19)(H,20,21)(H,22,23)(H,24,25)(H,26,27)(H,28,29)(H,30,31)(H,32,33)(H2,6,7,8)(H2,9,10,11)(H2,12,13,14)(H2,15,16,17). The first-order valence-corrected chi connectivity index (χ1v) is 35.7. The van der Waals surface area contributed by atoms with E-state index in [2.05, 4.69) is 51.3 Å². The van der Waals surface area contributed by atoms with Crippen molar-refractivity contribution in [2.24, 2.45) is 0 Å². The Balaban J connectivity index is 7.17. The molecule has 0 fully saturated rings. The summed E-state index contributed by atoms with van der Waals surface area (Å²) in [5, 5.41) is 0. The van der Waals surface area contributed by atoms with Gasteiger partial charge in [-0.2, -0.15) is 34.5 Å². The molecular formula is C5H28O40P12Si2. The molecule has 0 spiro atoms. The summed E-state index contributed by atoms with van der Waals surface area (Å²) in [6.07, 6.45) is -1.34. The maximum absolute atomic E-state index is 12.6. The molecule has 8 atom stereocenters. The van der Waals surface area contributed by atoms with Crippen LogP contribution < -0.4 is 0 Å². The molecular weight excluding hydrogens is 1130 g/mol. The summed E-state index contributed by atoms with van der Waals surface area (Å²) >= 11 is 0. The van der Waals surface area contributed by atoms with Crippen LogP contribution in [0.3, 0.4) is 0 Å². The molecule has 0 saturated carbocycles. The van der Waals surface area contributed by atoms with Crippen molar-refractivity contribution in [2.75, 3.05) is 0 Å². The molecule has 0 aromatic rings. The van der Waals surface area contributed by atoms with Crippen LogP contribution >= 0.6 is 93.9 Å². The molecule has 0 amide bonds. The first-order valence-electron chi connectivity index (χ1n) is 12.6. The second-order valence-corrected chi connectivity index (χ2v) is 35.0. The minimum Gasteiger partial charge on any atom is -0.303 e. The van der Waals surface area contributed by atoms with Gasteiger partial charge in [-0.15, -0.1) is 0 Å². The normalized spacial score (nSPS) is 23.9. The highest BCUT2D eigenvalue weighted by Crippen LogP contribution is 2.72. The van der Waals surface area contributed by atoms with Gasteiger partial charge in [-0.1, -0.05) is 0 Å². The van der Waals surface area contributed by atoms with Gasteiger partial charge in [0, 0.05) is 0 Å². The molecule has 0 aromatic heterocycles. The van der Waals surface area contributed by atoms with E-state index in [1.165, 1.54) is 0 Å². The van der Waals surface area contributed by atoms with Crippen molar-refractivity contribution in [3.05, 3.63) is 0 Å². The van der Waals surface area contributed by atoms with Crippen molar-refractivity contribution < 1.29 is 184 Å². The van der Waals surface area contributed by atoms with Crippen LogP contribution in [0.1, 0.15) is 6.42 Å². The lowest BCUT2D eigenvalue weighted by Crippen LogP contribution is -2.40. The average molecular weight is 1160 g/mol. The summed E-state index contributed by atoms with van der Waals surface area (Å²) in [5.74, 6) is 0. The Labute approximate surface area is 326 Å². The number of hydrogen-bond donors (Lipinski definition) is 16. The summed E-state index contributed by atoms with van der Waals surface area (Å²) in [6, 6.07) is -3.08. The SMILES string of the molecule is C[Si](CCC[Si](C)(OP(=O)(O)OP(=O)(O)OP(=O)(O)O)OP(=O)(O)OP(=O)(O)OP(=O)(O)O)(OP(=O)(O)OP(=O)(O)OP(=O)(O)O)OP(=O)(O)OP(=O)(O)OP(=O)(O)O. The smallest absolute Gasteiger partial charge is 0.303 e. The number of phosphoric acid groups is 12. The Morgan fingerprint density at radius 2 is 0.441 bits per heavy atom. The molecule has 54 heteroatoms. The van der Waals surface area contributed by atoms with E-state index in [-0.39, 0.29) is 13.1 Å². The largest absolute Gasteiger partial charge is 0.490 e. The molecule has 0 radical (unpaired) electrons. The fraction of sp³-hybridized carbons (Fsp3) is 1.00. The van der Waals surface area contributed by atoms with Gasteiger partial charge in [-0.25, -0.2) is 54.8 Å². The Hall–Kier alpha value is 2.07. The third-order valence-corrected chi connectivity index (χ3v) is 29.9. The van der Waals surface area contributed by atoms with Crippen LogP contribution in [0.2, 0.25) is 25.2 Å². The monoisotopic (exact) mass is 1160 g/mol. The summed E-state index contributed by atoms with van der Waals surface area (Å²) in [6.45, 7) is 0.459. The third-order valence-electron chi connectivity index (χ3n) is 4.16. The van der Waals surface area contributed by atoms with Gasteiger partial charge < -0.3 is 95.1 Å². The zero-order valence-electron chi connectivity index (χ0n) is 27.4.